The number of allylic oxidation sites excluding steroid dienone is 4. The number of nitrogens with two attached hydrogens (primary N) is 1. The summed E-state index contributed by atoms with van der Waals surface area (Å²) >= 11 is 0. The van der Waals surface area contributed by atoms with E-state index in [2.05, 4.69) is 0 Å². The minimum atomic E-state index is -2.35. The number of aliphatic hydroxyl groups excluding tert-OH is 2. The van der Waals surface area contributed by atoms with Gasteiger partial charge in [0.15, 0.2) is 36.5 Å². The summed E-state index contributed by atoms with van der Waals surface area (Å²) in [6.07, 6.45) is 1.78. The number of rotatable bonds is 9. The van der Waals surface area contributed by atoms with Crippen molar-refractivity contribution in [3.63, 3.8) is 0 Å². The van der Waals surface area contributed by atoms with Crippen molar-refractivity contribution < 1.29 is 52.1 Å². The predicted molar refractivity (Wildman–Crippen MR) is 185 cm³/mol. The van der Waals surface area contributed by atoms with Crippen molar-refractivity contribution in [2.75, 3.05) is 40.0 Å². The lowest BCUT2D eigenvalue weighted by Crippen LogP contribution is -2.70. The first-order chi connectivity index (χ1) is 24.4. The number of fused-ring (bicyclic) bond motifs is 7. The molecule has 3 saturated carbocycles. The molecule has 11 nitrogen and oxygen atoms in total. The first-order valence-electron chi connectivity index (χ1n) is 17.8. The molecule has 4 N–H and O–H groups in total. The number of quaternary nitrogens is 1. The third-order valence-corrected chi connectivity index (χ3v) is 12.5. The molecule has 0 radical (unpaired) electrons. The monoisotopic (exact) mass is 724 g/mol. The van der Waals surface area contributed by atoms with Gasteiger partial charge < -0.3 is 39.2 Å². The Hall–Kier alpha value is -3.75. The fraction of sp³-hybridized carbons (Fsp3) is 0.564. The van der Waals surface area contributed by atoms with Crippen LogP contribution in [0.2, 0.25) is 0 Å². The van der Waals surface area contributed by atoms with Crippen LogP contribution >= 0.6 is 0 Å². The van der Waals surface area contributed by atoms with Crippen molar-refractivity contribution in [2.24, 2.45) is 22.7 Å². The number of likely N-dealkylation sites (N-methyl/N-ethyl adjacent to an activating group) is 1. The molecule has 7 rings (SSSR count). The molecule has 1 aromatic heterocycles. The van der Waals surface area contributed by atoms with E-state index < -0.39 is 82.7 Å². The van der Waals surface area contributed by atoms with Crippen LogP contribution < -0.4 is 5.73 Å². The van der Waals surface area contributed by atoms with E-state index in [1.165, 1.54) is 19.1 Å². The fourth-order valence-electron chi connectivity index (χ4n) is 10.1. The van der Waals surface area contributed by atoms with Gasteiger partial charge in [0, 0.05) is 52.5 Å². The van der Waals surface area contributed by atoms with E-state index in [0.717, 1.165) is 11.6 Å². The Morgan fingerprint density at radius 1 is 1.15 bits per heavy atom. The highest BCUT2D eigenvalue weighted by Gasteiger charge is 2.80. The van der Waals surface area contributed by atoms with Gasteiger partial charge in [-0.05, 0) is 67.5 Å². The van der Waals surface area contributed by atoms with E-state index in [0.29, 0.717) is 23.4 Å². The number of carbonyl (C=O) groups excluding carboxylic acids is 3. The maximum atomic E-state index is 17.9. The number of ether oxygens (including phenoxy) is 3. The number of halogens is 2. The molecule has 0 bridgehead atoms. The van der Waals surface area contributed by atoms with Gasteiger partial charge in [-0.3, -0.25) is 9.59 Å². The quantitative estimate of drug-likeness (QED) is 0.201. The van der Waals surface area contributed by atoms with Crippen LogP contribution in [0.1, 0.15) is 56.1 Å². The van der Waals surface area contributed by atoms with E-state index in [4.69, 9.17) is 19.9 Å². The van der Waals surface area contributed by atoms with Gasteiger partial charge in [-0.25, -0.2) is 13.6 Å². The first-order valence-corrected chi connectivity index (χ1v) is 17.8. The van der Waals surface area contributed by atoms with Crippen LogP contribution in [0.3, 0.4) is 0 Å². The van der Waals surface area contributed by atoms with Gasteiger partial charge in [-0.1, -0.05) is 25.1 Å². The summed E-state index contributed by atoms with van der Waals surface area (Å²) < 4.78 is 54.9. The molecule has 0 spiro atoms. The molecule has 1 aliphatic heterocycles. The van der Waals surface area contributed by atoms with Crippen molar-refractivity contribution in [2.45, 2.75) is 82.2 Å². The highest BCUT2D eigenvalue weighted by atomic mass is 19.1. The summed E-state index contributed by atoms with van der Waals surface area (Å²) in [5.41, 5.74) is 1.76. The summed E-state index contributed by atoms with van der Waals surface area (Å²) in [4.78, 5) is 39.6. The molecule has 4 fully saturated rings. The lowest BCUT2D eigenvalue weighted by molar-refractivity contribution is -0.862. The number of nitrogens with zero attached hydrogens (tertiary/aromatic N) is 2. The average Bonchev–Trinajstić information content (AvgIpc) is 3.75. The largest absolute Gasteiger partial charge is 0.453 e. The molecule has 10 atom stereocenters. The van der Waals surface area contributed by atoms with Gasteiger partial charge in [-0.15, -0.1) is 0 Å². The minimum Gasteiger partial charge on any atom is -0.453 e. The van der Waals surface area contributed by atoms with E-state index >= 15 is 8.78 Å². The third kappa shape index (κ3) is 5.41. The van der Waals surface area contributed by atoms with Crippen molar-refractivity contribution in [3.05, 3.63) is 77.2 Å². The topological polar surface area (TPSA) is 150 Å². The Balaban J connectivity index is 1.22. The lowest BCUT2D eigenvalue weighted by atomic mass is 9.44. The highest BCUT2D eigenvalue weighted by molar-refractivity contribution is 6.01. The Bertz CT molecular complexity index is 1870. The summed E-state index contributed by atoms with van der Waals surface area (Å²) in [5.74, 6) is -3.31. The number of carbonyl (C=O) groups is 3. The Morgan fingerprint density at radius 2 is 1.90 bits per heavy atom. The molecule has 13 heteroatoms. The van der Waals surface area contributed by atoms with Gasteiger partial charge in [0.2, 0.25) is 5.78 Å². The van der Waals surface area contributed by atoms with Gasteiger partial charge in [0.25, 0.3) is 0 Å². The second kappa shape index (κ2) is 12.4. The molecule has 1 aromatic carbocycles. The van der Waals surface area contributed by atoms with Crippen LogP contribution in [0.5, 0.6) is 0 Å². The molecule has 280 valence electrons. The molecule has 2 heterocycles. The highest BCUT2D eigenvalue weighted by Crippen LogP contribution is 2.72. The summed E-state index contributed by atoms with van der Waals surface area (Å²) in [6, 6.07) is 7.23. The maximum absolute atomic E-state index is 17.9. The normalized spacial score (nSPS) is 37.9. The van der Waals surface area contributed by atoms with Crippen molar-refractivity contribution in [1.29, 1.82) is 0 Å². The van der Waals surface area contributed by atoms with Gasteiger partial charge >= 0.3 is 5.97 Å². The molecule has 0 unspecified atom stereocenters. The average molecular weight is 725 g/mol. The Kier molecular flexibility index (Phi) is 8.73. The molecule has 1 saturated heterocycles. The van der Waals surface area contributed by atoms with Crippen molar-refractivity contribution >= 4 is 23.2 Å². The molecule has 5 aliphatic rings. The maximum Gasteiger partial charge on any atom is 0.362 e. The summed E-state index contributed by atoms with van der Waals surface area (Å²) in [6.45, 7) is 2.97. The number of alkyl halides is 2. The number of benzene rings is 1. The van der Waals surface area contributed by atoms with Crippen molar-refractivity contribution in [1.82, 2.24) is 4.57 Å². The number of aromatic nitrogens is 1. The zero-order valence-corrected chi connectivity index (χ0v) is 30.2. The summed E-state index contributed by atoms with van der Waals surface area (Å²) in [5, 5.41) is 21.4. The van der Waals surface area contributed by atoms with Gasteiger partial charge in [0.1, 0.15) is 6.17 Å². The zero-order chi connectivity index (χ0) is 37.6. The molecule has 4 aliphatic carbocycles. The molecule has 2 aromatic rings. The number of esters is 1. The number of anilines is 1. The SMILES string of the molecule is C[C@]12C=CC(=O)C=C1[C@@H](F)C[C@H]1[C@@H]3C[C@H]4O[C@@H](c5ccn(Cc6ccc(CO)c(N)c6)c5)O[C@@]4(C(=O)COC(=O)C[N+](C)(C)C)[C@@]3(C)C[C@H](O)[C@@]12F. The number of hydrogen-bond donors (Lipinski definition) is 3. The molecular formula is C39H48F2N3O8+. The zero-order valence-electron chi connectivity index (χ0n) is 30.2. The minimum absolute atomic E-state index is 0.0126. The standard InChI is InChI=1S/C39H48F2N3O8/c1-36-10-8-25(46)13-28(36)29(40)14-27-26-15-33-39(37(26,2)16-31(47)38(27,36)41,32(48)21-50-34(49)19-44(3,4)5)52-35(51-33)23-9-11-43(18-23)17-22-6-7-24(20-45)30(42)12-22/h6-13,18,26-27,29,31,33,35,45,47H,14-17,19-21,42H2,1-5H3/q+1/t26-,27-,29-,31-,33+,35+,36-,37-,38-,39+/m0/s1. The number of ketones is 2. The van der Waals surface area contributed by atoms with Gasteiger partial charge in [-0.2, -0.15) is 0 Å². The van der Waals surface area contributed by atoms with E-state index in [1.807, 2.05) is 44.2 Å². The molecule has 0 amide bonds. The number of hydrogen-bond acceptors (Lipinski definition) is 9. The molecule has 52 heavy (non-hydrogen) atoms. The number of Topliss-reactive ketones (excluding diaryl/α,β-unsaturated/α-hetero) is 1. The van der Waals surface area contributed by atoms with E-state index in [-0.39, 0.29) is 42.5 Å². The van der Waals surface area contributed by atoms with E-state index in [9.17, 15) is 24.6 Å². The Labute approximate surface area is 301 Å². The Morgan fingerprint density at radius 3 is 2.60 bits per heavy atom. The van der Waals surface area contributed by atoms with Gasteiger partial charge in [0.05, 0.1) is 40.0 Å². The number of nitrogen functional groups attached to an aromatic ring is 1. The van der Waals surface area contributed by atoms with Crippen LogP contribution in [0, 0.1) is 22.7 Å². The van der Waals surface area contributed by atoms with Crippen LogP contribution in [-0.2, 0) is 41.7 Å². The van der Waals surface area contributed by atoms with Crippen LogP contribution in [0.4, 0.5) is 14.5 Å². The second-order valence-corrected chi connectivity index (χ2v) is 16.7. The van der Waals surface area contributed by atoms with Crippen LogP contribution in [-0.4, -0.2) is 101 Å². The third-order valence-electron chi connectivity index (χ3n) is 12.5. The van der Waals surface area contributed by atoms with Crippen LogP contribution in [0.25, 0.3) is 0 Å². The smallest absolute Gasteiger partial charge is 0.362 e. The fourth-order valence-corrected chi connectivity index (χ4v) is 10.1. The second-order valence-electron chi connectivity index (χ2n) is 16.7. The summed E-state index contributed by atoms with van der Waals surface area (Å²) in [7, 11) is 5.45. The first kappa shape index (κ1) is 36.6. The predicted octanol–water partition coefficient (Wildman–Crippen LogP) is 3.51. The molecular weight excluding hydrogens is 676 g/mol. The van der Waals surface area contributed by atoms with E-state index in [1.54, 1.807) is 25.1 Å². The lowest BCUT2D eigenvalue weighted by Gasteiger charge is -2.63. The van der Waals surface area contributed by atoms with Crippen LogP contribution in [0.15, 0.2) is 60.5 Å². The van der Waals surface area contributed by atoms with Crippen molar-refractivity contribution in [3.8, 4) is 0 Å². The number of aliphatic hydroxyl groups is 2.